The topological polar surface area (TPSA) is 89.4 Å². The Bertz CT molecular complexity index is 1610. The van der Waals surface area contributed by atoms with E-state index >= 15 is 0 Å². The summed E-state index contributed by atoms with van der Waals surface area (Å²) in [6.45, 7) is 10.7. The Morgan fingerprint density at radius 3 is 2.52 bits per heavy atom. The second-order valence-electron chi connectivity index (χ2n) is 11.3. The number of ether oxygens (including phenoxy) is 1. The number of fused-ring (bicyclic) bond motifs is 1. The van der Waals surface area contributed by atoms with Gasteiger partial charge in [-0.3, -0.25) is 19.1 Å². The lowest BCUT2D eigenvalue weighted by Crippen LogP contribution is -2.37. The number of aromatic nitrogens is 3. The van der Waals surface area contributed by atoms with Crippen LogP contribution in [0.15, 0.2) is 59.5 Å². The minimum Gasteiger partial charge on any atom is -0.497 e. The third-order valence-corrected chi connectivity index (χ3v) is 6.96. The number of amides is 1. The SMILES string of the molecule is COc1cccc(-c2nc3ncc(-c4cc(Cl)cc(CN(C)C(C)(C)C)c4)cc3c(=O)n2CC(=O)NC(C)C)c1. The van der Waals surface area contributed by atoms with Crippen LogP contribution in [0.3, 0.4) is 0 Å². The summed E-state index contributed by atoms with van der Waals surface area (Å²) in [6.07, 6.45) is 1.70. The fourth-order valence-corrected chi connectivity index (χ4v) is 4.58. The van der Waals surface area contributed by atoms with Gasteiger partial charge in [0.1, 0.15) is 18.1 Å². The normalized spacial score (nSPS) is 11.8. The fourth-order valence-electron chi connectivity index (χ4n) is 4.32. The van der Waals surface area contributed by atoms with Gasteiger partial charge in [0.2, 0.25) is 5.91 Å². The van der Waals surface area contributed by atoms with E-state index < -0.39 is 0 Å². The number of carbonyl (C=O) groups is 1. The molecule has 2 aromatic heterocycles. The van der Waals surface area contributed by atoms with Crippen molar-refractivity contribution in [2.45, 2.75) is 59.3 Å². The lowest BCUT2D eigenvalue weighted by molar-refractivity contribution is -0.122. The average Bonchev–Trinajstić information content (AvgIpc) is 2.88. The summed E-state index contributed by atoms with van der Waals surface area (Å²) >= 11 is 6.51. The highest BCUT2D eigenvalue weighted by molar-refractivity contribution is 6.31. The van der Waals surface area contributed by atoms with Crippen LogP contribution in [-0.4, -0.2) is 51.1 Å². The van der Waals surface area contributed by atoms with Gasteiger partial charge >= 0.3 is 0 Å². The molecule has 0 fully saturated rings. The Labute approximate surface area is 240 Å². The van der Waals surface area contributed by atoms with Crippen LogP contribution < -0.4 is 15.6 Å². The van der Waals surface area contributed by atoms with Crippen LogP contribution in [0.4, 0.5) is 0 Å². The molecule has 2 heterocycles. The highest BCUT2D eigenvalue weighted by Gasteiger charge is 2.20. The number of hydrogen-bond acceptors (Lipinski definition) is 6. The van der Waals surface area contributed by atoms with Crippen molar-refractivity contribution in [1.29, 1.82) is 0 Å². The van der Waals surface area contributed by atoms with Gasteiger partial charge in [0.15, 0.2) is 5.65 Å². The van der Waals surface area contributed by atoms with Gasteiger partial charge in [0.25, 0.3) is 5.56 Å². The standard InChI is InChI=1S/C31H36ClN5O3/c1-19(2)34-27(38)18-37-29(21-9-8-10-25(14-21)40-7)35-28-26(30(37)39)15-23(16-33-28)22-11-20(12-24(32)13-22)17-36(6)31(3,4)5/h8-16,19H,17-18H2,1-7H3,(H,34,38). The van der Waals surface area contributed by atoms with Crippen LogP contribution in [-0.2, 0) is 17.9 Å². The molecule has 4 aromatic rings. The molecule has 1 amide bonds. The van der Waals surface area contributed by atoms with Crippen molar-refractivity contribution in [2.75, 3.05) is 14.2 Å². The number of pyridine rings is 1. The van der Waals surface area contributed by atoms with Crippen LogP contribution in [0.25, 0.3) is 33.5 Å². The van der Waals surface area contributed by atoms with E-state index in [1.807, 2.05) is 44.2 Å². The summed E-state index contributed by atoms with van der Waals surface area (Å²) in [5.41, 5.74) is 3.21. The number of rotatable bonds is 8. The van der Waals surface area contributed by atoms with Gasteiger partial charge in [-0.15, -0.1) is 0 Å². The molecule has 0 spiro atoms. The summed E-state index contributed by atoms with van der Waals surface area (Å²) in [4.78, 5) is 38.2. The minimum atomic E-state index is -0.356. The molecule has 0 saturated heterocycles. The Kier molecular flexibility index (Phi) is 8.61. The Morgan fingerprint density at radius 2 is 1.85 bits per heavy atom. The molecule has 0 aliphatic rings. The highest BCUT2D eigenvalue weighted by atomic mass is 35.5. The lowest BCUT2D eigenvalue weighted by Gasteiger charge is -2.32. The average molecular weight is 562 g/mol. The molecule has 8 nitrogen and oxygen atoms in total. The molecule has 0 saturated carbocycles. The zero-order valence-electron chi connectivity index (χ0n) is 24.1. The largest absolute Gasteiger partial charge is 0.497 e. The first kappa shape index (κ1) is 29.2. The van der Waals surface area contributed by atoms with Gasteiger partial charge in [0, 0.05) is 40.5 Å². The molecule has 0 radical (unpaired) electrons. The van der Waals surface area contributed by atoms with Crippen molar-refractivity contribution in [3.05, 3.63) is 75.7 Å². The number of halogens is 1. The van der Waals surface area contributed by atoms with E-state index in [1.165, 1.54) is 4.57 Å². The summed E-state index contributed by atoms with van der Waals surface area (Å²) in [7, 11) is 3.64. The molecule has 40 heavy (non-hydrogen) atoms. The maximum absolute atomic E-state index is 13.9. The summed E-state index contributed by atoms with van der Waals surface area (Å²) < 4.78 is 6.76. The minimum absolute atomic E-state index is 0.00786. The fraction of sp³-hybridized carbons (Fsp3) is 0.355. The zero-order valence-corrected chi connectivity index (χ0v) is 24.8. The second kappa shape index (κ2) is 11.8. The number of benzene rings is 2. The molecule has 210 valence electrons. The van der Waals surface area contributed by atoms with E-state index in [4.69, 9.17) is 21.3 Å². The van der Waals surface area contributed by atoms with Crippen LogP contribution in [0.1, 0.15) is 40.2 Å². The molecule has 0 aliphatic carbocycles. The third kappa shape index (κ3) is 6.69. The van der Waals surface area contributed by atoms with Crippen molar-refractivity contribution in [1.82, 2.24) is 24.8 Å². The Morgan fingerprint density at radius 1 is 1.10 bits per heavy atom. The van der Waals surface area contributed by atoms with Crippen molar-refractivity contribution in [2.24, 2.45) is 0 Å². The molecule has 0 aliphatic heterocycles. The first-order chi connectivity index (χ1) is 18.8. The zero-order chi connectivity index (χ0) is 29.2. The molecule has 2 aromatic carbocycles. The van der Waals surface area contributed by atoms with Crippen LogP contribution >= 0.6 is 11.6 Å². The van der Waals surface area contributed by atoms with Gasteiger partial charge in [-0.1, -0.05) is 23.7 Å². The van der Waals surface area contributed by atoms with Gasteiger partial charge in [-0.05, 0) is 89.2 Å². The van der Waals surface area contributed by atoms with Gasteiger partial charge < -0.3 is 10.1 Å². The van der Waals surface area contributed by atoms with E-state index in [0.717, 1.165) is 16.7 Å². The molecule has 4 rings (SSSR count). The molecule has 0 atom stereocenters. The maximum atomic E-state index is 13.9. The van der Waals surface area contributed by atoms with E-state index in [-0.39, 0.29) is 29.6 Å². The number of methoxy groups -OCH3 is 1. The maximum Gasteiger partial charge on any atom is 0.263 e. The molecule has 1 N–H and O–H groups in total. The van der Waals surface area contributed by atoms with Crippen molar-refractivity contribution >= 4 is 28.5 Å². The quantitative estimate of drug-likeness (QED) is 0.304. The van der Waals surface area contributed by atoms with Crippen molar-refractivity contribution in [3.63, 3.8) is 0 Å². The Balaban J connectivity index is 1.85. The van der Waals surface area contributed by atoms with Gasteiger partial charge in [-0.25, -0.2) is 9.97 Å². The molecular formula is C31H36ClN5O3. The van der Waals surface area contributed by atoms with Crippen LogP contribution in [0.5, 0.6) is 5.75 Å². The molecule has 9 heteroatoms. The monoisotopic (exact) mass is 561 g/mol. The summed E-state index contributed by atoms with van der Waals surface area (Å²) in [6, 6.07) is 14.8. The van der Waals surface area contributed by atoms with Crippen LogP contribution in [0, 0.1) is 0 Å². The summed E-state index contributed by atoms with van der Waals surface area (Å²) in [5.74, 6) is 0.668. The number of carbonyl (C=O) groups excluding carboxylic acids is 1. The van der Waals surface area contributed by atoms with E-state index in [0.29, 0.717) is 39.7 Å². The number of hydrogen-bond donors (Lipinski definition) is 1. The Hall–Kier alpha value is -3.75. The molecule has 0 unspecified atom stereocenters. The van der Waals surface area contributed by atoms with Crippen molar-refractivity contribution in [3.8, 4) is 28.3 Å². The van der Waals surface area contributed by atoms with Crippen LogP contribution in [0.2, 0.25) is 5.02 Å². The molecule has 0 bridgehead atoms. The van der Waals surface area contributed by atoms with Gasteiger partial charge in [0.05, 0.1) is 12.5 Å². The van der Waals surface area contributed by atoms with Crippen molar-refractivity contribution < 1.29 is 9.53 Å². The smallest absolute Gasteiger partial charge is 0.263 e. The van der Waals surface area contributed by atoms with E-state index in [1.54, 1.807) is 25.4 Å². The molecular weight excluding hydrogens is 526 g/mol. The number of nitrogens with zero attached hydrogens (tertiary/aromatic N) is 4. The lowest BCUT2D eigenvalue weighted by atomic mass is 10.0. The first-order valence-electron chi connectivity index (χ1n) is 13.2. The van der Waals surface area contributed by atoms with E-state index in [9.17, 15) is 9.59 Å². The second-order valence-corrected chi connectivity index (χ2v) is 11.7. The first-order valence-corrected chi connectivity index (χ1v) is 13.6. The number of nitrogens with one attached hydrogen (secondary N) is 1. The predicted octanol–water partition coefficient (Wildman–Crippen LogP) is 5.54. The highest BCUT2D eigenvalue weighted by Crippen LogP contribution is 2.28. The predicted molar refractivity (Wildman–Crippen MR) is 161 cm³/mol. The van der Waals surface area contributed by atoms with E-state index in [2.05, 4.69) is 49.1 Å². The summed E-state index contributed by atoms with van der Waals surface area (Å²) in [5, 5.41) is 3.77. The third-order valence-electron chi connectivity index (χ3n) is 6.74. The van der Waals surface area contributed by atoms with Gasteiger partial charge in [-0.2, -0.15) is 0 Å².